The summed E-state index contributed by atoms with van der Waals surface area (Å²) in [6.45, 7) is 3.45. The van der Waals surface area contributed by atoms with E-state index >= 15 is 0 Å². The fourth-order valence-electron chi connectivity index (χ4n) is 2.14. The van der Waals surface area contributed by atoms with Crippen molar-refractivity contribution in [3.05, 3.63) is 23.4 Å². The Labute approximate surface area is 101 Å². The van der Waals surface area contributed by atoms with Crippen LogP contribution in [0.1, 0.15) is 17.5 Å². The quantitative estimate of drug-likeness (QED) is 0.602. The van der Waals surface area contributed by atoms with E-state index in [-0.39, 0.29) is 5.84 Å². The largest absolute Gasteiger partial charge is 0.384 e. The van der Waals surface area contributed by atoms with E-state index in [0.29, 0.717) is 12.6 Å². The fourth-order valence-corrected chi connectivity index (χ4v) is 2.14. The van der Waals surface area contributed by atoms with Gasteiger partial charge < -0.3 is 15.4 Å². The molecule has 2 heterocycles. The summed E-state index contributed by atoms with van der Waals surface area (Å²) in [5, 5.41) is 7.66. The van der Waals surface area contributed by atoms with Gasteiger partial charge in [-0.1, -0.05) is 0 Å². The van der Waals surface area contributed by atoms with Crippen molar-refractivity contribution in [2.75, 3.05) is 25.2 Å². The molecule has 0 radical (unpaired) electrons. The number of nitrogens with two attached hydrogens (primary N) is 1. The first kappa shape index (κ1) is 11.9. The number of anilines is 1. The third-order valence-corrected chi connectivity index (χ3v) is 3.20. The van der Waals surface area contributed by atoms with Crippen molar-refractivity contribution < 1.29 is 4.74 Å². The molecule has 5 heteroatoms. The topological polar surface area (TPSA) is 75.2 Å². The van der Waals surface area contributed by atoms with Gasteiger partial charge in [0.2, 0.25) is 0 Å². The molecule has 0 aliphatic carbocycles. The molecule has 0 amide bonds. The molecule has 5 nitrogen and oxygen atoms in total. The SMILES string of the molecule is Cc1ccnc(N(C)C2CCOC2)c1C(=N)N. The van der Waals surface area contributed by atoms with Gasteiger partial charge in [0, 0.05) is 19.9 Å². The number of hydrogen-bond donors (Lipinski definition) is 2. The maximum absolute atomic E-state index is 7.66. The summed E-state index contributed by atoms with van der Waals surface area (Å²) < 4.78 is 5.38. The number of nitrogens with one attached hydrogen (secondary N) is 1. The molecule has 2 rings (SSSR count). The van der Waals surface area contributed by atoms with E-state index in [1.807, 2.05) is 20.0 Å². The molecule has 1 saturated heterocycles. The van der Waals surface area contributed by atoms with Gasteiger partial charge in [0.05, 0.1) is 18.2 Å². The molecule has 0 bridgehead atoms. The minimum absolute atomic E-state index is 0.0661. The van der Waals surface area contributed by atoms with Crippen LogP contribution in [0.2, 0.25) is 0 Å². The number of likely N-dealkylation sites (N-methyl/N-ethyl adjacent to an activating group) is 1. The van der Waals surface area contributed by atoms with Gasteiger partial charge in [-0.2, -0.15) is 0 Å². The minimum Gasteiger partial charge on any atom is -0.384 e. The Bertz CT molecular complexity index is 427. The van der Waals surface area contributed by atoms with Crippen LogP contribution in [0, 0.1) is 12.3 Å². The second-order valence-corrected chi connectivity index (χ2v) is 4.37. The zero-order valence-corrected chi connectivity index (χ0v) is 10.2. The Balaban J connectivity index is 2.36. The Hall–Kier alpha value is -1.62. The van der Waals surface area contributed by atoms with Crippen molar-refractivity contribution in [1.82, 2.24) is 4.98 Å². The molecule has 1 aliphatic rings. The second kappa shape index (κ2) is 4.71. The summed E-state index contributed by atoms with van der Waals surface area (Å²) in [4.78, 5) is 6.42. The predicted molar refractivity (Wildman–Crippen MR) is 67.6 cm³/mol. The van der Waals surface area contributed by atoms with Crippen molar-refractivity contribution >= 4 is 11.7 Å². The lowest BCUT2D eigenvalue weighted by Crippen LogP contribution is -2.34. The van der Waals surface area contributed by atoms with E-state index in [1.54, 1.807) is 6.20 Å². The van der Waals surface area contributed by atoms with Crippen molar-refractivity contribution in [1.29, 1.82) is 5.41 Å². The second-order valence-electron chi connectivity index (χ2n) is 4.37. The molecule has 0 spiro atoms. The zero-order chi connectivity index (χ0) is 12.4. The Morgan fingerprint density at radius 1 is 1.65 bits per heavy atom. The van der Waals surface area contributed by atoms with E-state index in [4.69, 9.17) is 15.9 Å². The van der Waals surface area contributed by atoms with Crippen molar-refractivity contribution in [2.24, 2.45) is 5.73 Å². The number of ether oxygens (including phenoxy) is 1. The molecule has 3 N–H and O–H groups in total. The summed E-state index contributed by atoms with van der Waals surface area (Å²) >= 11 is 0. The van der Waals surface area contributed by atoms with Crippen LogP contribution in [-0.4, -0.2) is 37.1 Å². The van der Waals surface area contributed by atoms with Gasteiger partial charge in [-0.3, -0.25) is 5.41 Å². The van der Waals surface area contributed by atoms with Crippen LogP contribution in [0.5, 0.6) is 0 Å². The molecule has 17 heavy (non-hydrogen) atoms. The molecule has 0 saturated carbocycles. The van der Waals surface area contributed by atoms with Gasteiger partial charge in [0.1, 0.15) is 11.7 Å². The van der Waals surface area contributed by atoms with Gasteiger partial charge >= 0.3 is 0 Å². The van der Waals surface area contributed by atoms with Gasteiger partial charge in [0.25, 0.3) is 0 Å². The highest BCUT2D eigenvalue weighted by Gasteiger charge is 2.24. The van der Waals surface area contributed by atoms with Crippen LogP contribution in [0.25, 0.3) is 0 Å². The molecule has 1 aromatic rings. The summed E-state index contributed by atoms with van der Waals surface area (Å²) in [7, 11) is 1.98. The summed E-state index contributed by atoms with van der Waals surface area (Å²) in [6, 6.07) is 2.20. The number of hydrogen-bond acceptors (Lipinski definition) is 4. The van der Waals surface area contributed by atoms with Crippen molar-refractivity contribution in [3.8, 4) is 0 Å². The molecule has 1 aliphatic heterocycles. The van der Waals surface area contributed by atoms with E-state index < -0.39 is 0 Å². The maximum Gasteiger partial charge on any atom is 0.139 e. The minimum atomic E-state index is 0.0661. The smallest absolute Gasteiger partial charge is 0.139 e. The third-order valence-electron chi connectivity index (χ3n) is 3.20. The number of aryl methyl sites for hydroxylation is 1. The molecule has 0 aromatic carbocycles. The highest BCUT2D eigenvalue weighted by Crippen LogP contribution is 2.23. The summed E-state index contributed by atoms with van der Waals surface area (Å²) in [6.07, 6.45) is 2.74. The maximum atomic E-state index is 7.66. The number of pyridine rings is 1. The van der Waals surface area contributed by atoms with Gasteiger partial charge in [0.15, 0.2) is 0 Å². The fraction of sp³-hybridized carbons (Fsp3) is 0.500. The first-order valence-corrected chi connectivity index (χ1v) is 5.72. The summed E-state index contributed by atoms with van der Waals surface area (Å²) in [5.74, 6) is 0.837. The number of nitrogen functional groups attached to an aromatic ring is 1. The van der Waals surface area contributed by atoms with E-state index in [0.717, 1.165) is 30.0 Å². The Morgan fingerprint density at radius 2 is 2.41 bits per heavy atom. The van der Waals surface area contributed by atoms with Crippen LogP contribution in [0.4, 0.5) is 5.82 Å². The standard InChI is InChI=1S/C12H18N4O/c1-8-3-5-15-12(10(8)11(13)14)16(2)9-4-6-17-7-9/h3,5,9H,4,6-7H2,1-2H3,(H3,13,14). The summed E-state index contributed by atoms with van der Waals surface area (Å²) in [5.41, 5.74) is 7.34. The lowest BCUT2D eigenvalue weighted by atomic mass is 10.1. The number of amidine groups is 1. The Morgan fingerprint density at radius 3 is 3.00 bits per heavy atom. The molecule has 1 aromatic heterocycles. The van der Waals surface area contributed by atoms with Gasteiger partial charge in [-0.15, -0.1) is 0 Å². The van der Waals surface area contributed by atoms with Crippen LogP contribution >= 0.6 is 0 Å². The van der Waals surface area contributed by atoms with Gasteiger partial charge in [-0.25, -0.2) is 4.98 Å². The highest BCUT2D eigenvalue weighted by molar-refractivity contribution is 6.01. The third kappa shape index (κ3) is 2.24. The lowest BCUT2D eigenvalue weighted by molar-refractivity contribution is 0.193. The molecule has 92 valence electrons. The first-order chi connectivity index (χ1) is 8.11. The predicted octanol–water partition coefficient (Wildman–Crippen LogP) is 0.899. The number of aromatic nitrogens is 1. The van der Waals surface area contributed by atoms with E-state index in [9.17, 15) is 0 Å². The van der Waals surface area contributed by atoms with E-state index in [1.165, 1.54) is 0 Å². The molecule has 1 atom stereocenters. The normalized spacial score (nSPS) is 19.3. The van der Waals surface area contributed by atoms with Crippen LogP contribution < -0.4 is 10.6 Å². The number of nitrogens with zero attached hydrogens (tertiary/aromatic N) is 2. The average Bonchev–Trinajstić information content (AvgIpc) is 2.80. The van der Waals surface area contributed by atoms with Crippen LogP contribution in [0.15, 0.2) is 12.3 Å². The molecule has 1 unspecified atom stereocenters. The van der Waals surface area contributed by atoms with Crippen molar-refractivity contribution in [3.63, 3.8) is 0 Å². The van der Waals surface area contributed by atoms with Crippen LogP contribution in [-0.2, 0) is 4.74 Å². The molecular weight excluding hydrogens is 216 g/mol. The average molecular weight is 234 g/mol. The first-order valence-electron chi connectivity index (χ1n) is 5.72. The Kier molecular flexibility index (Phi) is 3.28. The molecular formula is C12H18N4O. The molecule has 1 fully saturated rings. The van der Waals surface area contributed by atoms with Crippen LogP contribution in [0.3, 0.4) is 0 Å². The highest BCUT2D eigenvalue weighted by atomic mass is 16.5. The van der Waals surface area contributed by atoms with Gasteiger partial charge in [-0.05, 0) is 25.0 Å². The zero-order valence-electron chi connectivity index (χ0n) is 10.2. The number of rotatable bonds is 3. The van der Waals surface area contributed by atoms with Crippen molar-refractivity contribution in [2.45, 2.75) is 19.4 Å². The van der Waals surface area contributed by atoms with E-state index in [2.05, 4.69) is 9.88 Å². The monoisotopic (exact) mass is 234 g/mol. The lowest BCUT2D eigenvalue weighted by Gasteiger charge is -2.26.